The van der Waals surface area contributed by atoms with Crippen molar-refractivity contribution in [1.29, 1.82) is 0 Å². The lowest BCUT2D eigenvalue weighted by molar-refractivity contribution is 0.620. The van der Waals surface area contributed by atoms with Gasteiger partial charge < -0.3 is 10.2 Å². The molecular formula is C17H12N2O. The molecule has 0 radical (unpaired) electrons. The van der Waals surface area contributed by atoms with Crippen LogP contribution >= 0.6 is 0 Å². The van der Waals surface area contributed by atoms with Crippen LogP contribution in [0.4, 0.5) is 5.69 Å². The van der Waals surface area contributed by atoms with E-state index in [0.717, 1.165) is 16.7 Å². The minimum atomic E-state index is 0.622. The number of aromatic nitrogens is 1. The number of benzene rings is 3. The van der Waals surface area contributed by atoms with Crippen LogP contribution in [-0.4, -0.2) is 4.98 Å². The van der Waals surface area contributed by atoms with Crippen LogP contribution in [0.15, 0.2) is 65.1 Å². The first-order chi connectivity index (χ1) is 9.79. The number of rotatable bonds is 1. The average molecular weight is 260 g/mol. The molecule has 0 aliphatic heterocycles. The second kappa shape index (κ2) is 4.10. The number of hydrogen-bond donors (Lipinski definition) is 1. The molecule has 0 aliphatic rings. The first-order valence-corrected chi connectivity index (χ1v) is 6.45. The maximum absolute atomic E-state index is 5.79. The fraction of sp³-hybridized carbons (Fsp3) is 0. The van der Waals surface area contributed by atoms with Crippen molar-refractivity contribution in [1.82, 2.24) is 4.98 Å². The van der Waals surface area contributed by atoms with Crippen LogP contribution in [-0.2, 0) is 0 Å². The summed E-state index contributed by atoms with van der Waals surface area (Å²) in [6.45, 7) is 0. The van der Waals surface area contributed by atoms with E-state index in [1.807, 2.05) is 36.4 Å². The van der Waals surface area contributed by atoms with Crippen molar-refractivity contribution in [2.75, 3.05) is 5.73 Å². The van der Waals surface area contributed by atoms with E-state index in [9.17, 15) is 0 Å². The van der Waals surface area contributed by atoms with Gasteiger partial charge in [-0.3, -0.25) is 0 Å². The number of fused-ring (bicyclic) bond motifs is 2. The predicted molar refractivity (Wildman–Crippen MR) is 81.4 cm³/mol. The van der Waals surface area contributed by atoms with Gasteiger partial charge in [0, 0.05) is 11.3 Å². The Kier molecular flexibility index (Phi) is 2.27. The summed E-state index contributed by atoms with van der Waals surface area (Å²) in [6.07, 6.45) is 0. The summed E-state index contributed by atoms with van der Waals surface area (Å²) in [5, 5.41) is 2.38. The summed E-state index contributed by atoms with van der Waals surface area (Å²) in [5.41, 5.74) is 8.96. The van der Waals surface area contributed by atoms with Crippen LogP contribution in [0.25, 0.3) is 33.3 Å². The first kappa shape index (κ1) is 11.1. The van der Waals surface area contributed by atoms with Gasteiger partial charge in [-0.2, -0.15) is 0 Å². The summed E-state index contributed by atoms with van der Waals surface area (Å²) in [6, 6.07) is 19.9. The predicted octanol–water partition coefficient (Wildman–Crippen LogP) is 4.23. The van der Waals surface area contributed by atoms with E-state index in [1.54, 1.807) is 0 Å². The lowest BCUT2D eigenvalue weighted by Crippen LogP contribution is -1.82. The quantitative estimate of drug-likeness (QED) is 0.521. The molecule has 1 heterocycles. The van der Waals surface area contributed by atoms with Crippen LogP contribution in [0.3, 0.4) is 0 Å². The van der Waals surface area contributed by atoms with Crippen molar-refractivity contribution in [3.05, 3.63) is 60.7 Å². The molecule has 0 atom stereocenters. The number of nitrogens with two attached hydrogens (primary N) is 1. The van der Waals surface area contributed by atoms with Gasteiger partial charge in [-0.25, -0.2) is 4.98 Å². The topological polar surface area (TPSA) is 52.0 Å². The van der Waals surface area contributed by atoms with Gasteiger partial charge in [0.2, 0.25) is 5.89 Å². The molecule has 2 N–H and O–H groups in total. The zero-order chi connectivity index (χ0) is 13.5. The molecule has 3 heteroatoms. The fourth-order valence-electron chi connectivity index (χ4n) is 2.39. The highest BCUT2D eigenvalue weighted by Gasteiger charge is 2.08. The van der Waals surface area contributed by atoms with Crippen LogP contribution < -0.4 is 5.73 Å². The maximum atomic E-state index is 5.79. The van der Waals surface area contributed by atoms with Gasteiger partial charge in [0.15, 0.2) is 5.58 Å². The van der Waals surface area contributed by atoms with E-state index >= 15 is 0 Å². The molecule has 4 rings (SSSR count). The van der Waals surface area contributed by atoms with Gasteiger partial charge in [-0.05, 0) is 41.1 Å². The highest BCUT2D eigenvalue weighted by Crippen LogP contribution is 2.27. The molecule has 4 aromatic rings. The van der Waals surface area contributed by atoms with Gasteiger partial charge in [-0.1, -0.05) is 30.3 Å². The smallest absolute Gasteiger partial charge is 0.227 e. The van der Waals surface area contributed by atoms with Gasteiger partial charge in [0.05, 0.1) is 0 Å². The van der Waals surface area contributed by atoms with E-state index in [1.165, 1.54) is 10.8 Å². The summed E-state index contributed by atoms with van der Waals surface area (Å²) in [5.74, 6) is 0.622. The van der Waals surface area contributed by atoms with Crippen molar-refractivity contribution in [2.45, 2.75) is 0 Å². The molecule has 3 aromatic carbocycles. The maximum Gasteiger partial charge on any atom is 0.227 e. The lowest BCUT2D eigenvalue weighted by Gasteiger charge is -1.99. The molecule has 1 aromatic heterocycles. The lowest BCUT2D eigenvalue weighted by atomic mass is 10.1. The molecule has 0 fully saturated rings. The van der Waals surface area contributed by atoms with Crippen molar-refractivity contribution in [2.24, 2.45) is 0 Å². The molecule has 0 saturated carbocycles. The number of nitrogens with zero attached hydrogens (tertiary/aromatic N) is 1. The SMILES string of the molecule is Nc1ccc2oc(-c3ccc4ccccc4c3)nc2c1. The minimum Gasteiger partial charge on any atom is -0.436 e. The second-order valence-electron chi connectivity index (χ2n) is 4.81. The van der Waals surface area contributed by atoms with E-state index in [4.69, 9.17) is 10.2 Å². The Morgan fingerprint density at radius 3 is 2.60 bits per heavy atom. The Labute approximate surface area is 115 Å². The van der Waals surface area contributed by atoms with Crippen molar-refractivity contribution in [3.8, 4) is 11.5 Å². The molecule has 0 aliphatic carbocycles. The molecule has 20 heavy (non-hydrogen) atoms. The van der Waals surface area contributed by atoms with Crippen LogP contribution in [0.2, 0.25) is 0 Å². The average Bonchev–Trinajstić information content (AvgIpc) is 2.89. The fourth-order valence-corrected chi connectivity index (χ4v) is 2.39. The van der Waals surface area contributed by atoms with Crippen molar-refractivity contribution in [3.63, 3.8) is 0 Å². The van der Waals surface area contributed by atoms with Crippen LogP contribution in [0.5, 0.6) is 0 Å². The highest BCUT2D eigenvalue weighted by molar-refractivity contribution is 5.87. The molecule has 3 nitrogen and oxygen atoms in total. The van der Waals surface area contributed by atoms with Gasteiger partial charge in [0.25, 0.3) is 0 Å². The number of hydrogen-bond acceptors (Lipinski definition) is 3. The highest BCUT2D eigenvalue weighted by atomic mass is 16.3. The van der Waals surface area contributed by atoms with Crippen molar-refractivity contribution < 1.29 is 4.42 Å². The summed E-state index contributed by atoms with van der Waals surface area (Å²) < 4.78 is 5.79. The summed E-state index contributed by atoms with van der Waals surface area (Å²) >= 11 is 0. The number of oxazole rings is 1. The second-order valence-corrected chi connectivity index (χ2v) is 4.81. The van der Waals surface area contributed by atoms with Gasteiger partial charge >= 0.3 is 0 Å². The Bertz CT molecular complexity index is 924. The van der Waals surface area contributed by atoms with Gasteiger partial charge in [-0.15, -0.1) is 0 Å². The Morgan fingerprint density at radius 1 is 0.850 bits per heavy atom. The first-order valence-electron chi connectivity index (χ1n) is 6.45. The molecule has 0 saturated heterocycles. The summed E-state index contributed by atoms with van der Waals surface area (Å²) in [7, 11) is 0. The van der Waals surface area contributed by atoms with Crippen LogP contribution in [0.1, 0.15) is 0 Å². The number of nitrogen functional groups attached to an aromatic ring is 1. The molecule has 0 spiro atoms. The Morgan fingerprint density at radius 2 is 1.70 bits per heavy atom. The van der Waals surface area contributed by atoms with Gasteiger partial charge in [0.1, 0.15) is 5.52 Å². The minimum absolute atomic E-state index is 0.622. The van der Waals surface area contributed by atoms with E-state index < -0.39 is 0 Å². The molecule has 0 amide bonds. The largest absolute Gasteiger partial charge is 0.436 e. The molecule has 0 unspecified atom stereocenters. The normalized spacial score (nSPS) is 11.2. The zero-order valence-corrected chi connectivity index (χ0v) is 10.7. The summed E-state index contributed by atoms with van der Waals surface area (Å²) in [4.78, 5) is 4.50. The van der Waals surface area contributed by atoms with E-state index in [-0.39, 0.29) is 0 Å². The third-order valence-corrected chi connectivity index (χ3v) is 3.41. The Balaban J connectivity index is 1.91. The van der Waals surface area contributed by atoms with E-state index in [0.29, 0.717) is 11.6 Å². The Hall–Kier alpha value is -2.81. The van der Waals surface area contributed by atoms with E-state index in [2.05, 4.69) is 29.2 Å². The van der Waals surface area contributed by atoms with Crippen molar-refractivity contribution >= 4 is 27.6 Å². The molecule has 0 bridgehead atoms. The molecular weight excluding hydrogens is 248 g/mol. The number of anilines is 1. The zero-order valence-electron chi connectivity index (χ0n) is 10.7. The third-order valence-electron chi connectivity index (χ3n) is 3.41. The monoisotopic (exact) mass is 260 g/mol. The van der Waals surface area contributed by atoms with Crippen LogP contribution in [0, 0.1) is 0 Å². The third kappa shape index (κ3) is 1.72. The molecule has 96 valence electrons. The standard InChI is InChI=1S/C17H12N2O/c18-14-7-8-16-15(10-14)19-17(20-16)13-6-5-11-3-1-2-4-12(11)9-13/h1-10H,18H2.